The summed E-state index contributed by atoms with van der Waals surface area (Å²) in [7, 11) is 0. The van der Waals surface area contributed by atoms with Crippen LogP contribution in [-0.2, 0) is 15.0 Å². The van der Waals surface area contributed by atoms with Gasteiger partial charge in [-0.2, -0.15) is 0 Å². The zero-order valence-electron chi connectivity index (χ0n) is 16.0. The molecule has 5 nitrogen and oxygen atoms in total. The molecule has 27 heavy (non-hydrogen) atoms. The van der Waals surface area contributed by atoms with Crippen molar-refractivity contribution < 1.29 is 14.3 Å². The lowest BCUT2D eigenvalue weighted by molar-refractivity contribution is -0.137. The van der Waals surface area contributed by atoms with Crippen molar-refractivity contribution in [3.05, 3.63) is 65.2 Å². The average molecular weight is 366 g/mol. The average Bonchev–Trinajstić information content (AvgIpc) is 2.63. The molecule has 0 unspecified atom stereocenters. The first-order valence-corrected chi connectivity index (χ1v) is 9.33. The summed E-state index contributed by atoms with van der Waals surface area (Å²) in [5.41, 5.74) is 7.65. The Kier molecular flexibility index (Phi) is 5.49. The third kappa shape index (κ3) is 3.82. The normalized spacial score (nSPS) is 16.0. The fourth-order valence-corrected chi connectivity index (χ4v) is 3.37. The monoisotopic (exact) mass is 366 g/mol. The molecule has 0 radical (unpaired) electrons. The Balaban J connectivity index is 1.60. The molecule has 1 fully saturated rings. The summed E-state index contributed by atoms with van der Waals surface area (Å²) in [4.78, 5) is 25.1. The molecule has 142 valence electrons. The maximum Gasteiger partial charge on any atom is 0.279 e. The number of aryl methyl sites for hydroxylation is 1. The summed E-state index contributed by atoms with van der Waals surface area (Å²) in [6.07, 6.45) is 1.85. The van der Waals surface area contributed by atoms with Crippen LogP contribution in [-0.4, -0.2) is 17.9 Å². The third-order valence-corrected chi connectivity index (χ3v) is 5.50. The van der Waals surface area contributed by atoms with E-state index in [1.165, 1.54) is 0 Å². The van der Waals surface area contributed by atoms with Crippen molar-refractivity contribution in [3.63, 3.8) is 0 Å². The number of hydrazine groups is 1. The van der Waals surface area contributed by atoms with E-state index in [-0.39, 0.29) is 11.8 Å². The quantitative estimate of drug-likeness (QED) is 0.798. The number of ether oxygens (including phenoxy) is 1. The number of nitrogens with one attached hydrogen (secondary N) is 2. The Hall–Kier alpha value is -2.82. The first-order valence-electron chi connectivity index (χ1n) is 9.33. The van der Waals surface area contributed by atoms with E-state index < -0.39 is 11.5 Å². The molecule has 3 rings (SSSR count). The number of carbonyl (C=O) groups is 2. The molecule has 2 aromatic rings. The minimum Gasteiger partial charge on any atom is -0.481 e. The molecule has 1 atom stereocenters. The Morgan fingerprint density at radius 2 is 1.70 bits per heavy atom. The Morgan fingerprint density at radius 1 is 1.00 bits per heavy atom. The molecule has 2 aromatic carbocycles. The SMILES string of the molecule is Cc1cccc(O[C@@H](C)C(=O)NNC(=O)C2(c3ccccc3)CCC2)c1C. The predicted molar refractivity (Wildman–Crippen MR) is 104 cm³/mol. The zero-order chi connectivity index (χ0) is 19.4. The van der Waals surface area contributed by atoms with Gasteiger partial charge in [-0.3, -0.25) is 20.4 Å². The smallest absolute Gasteiger partial charge is 0.279 e. The molecule has 0 saturated heterocycles. The molecular formula is C22H26N2O3. The molecule has 2 amide bonds. The molecule has 5 heteroatoms. The van der Waals surface area contributed by atoms with Crippen LogP contribution in [0.4, 0.5) is 0 Å². The lowest BCUT2D eigenvalue weighted by atomic mass is 9.64. The van der Waals surface area contributed by atoms with Gasteiger partial charge >= 0.3 is 0 Å². The van der Waals surface area contributed by atoms with Crippen molar-refractivity contribution in [3.8, 4) is 5.75 Å². The fraction of sp³-hybridized carbons (Fsp3) is 0.364. The van der Waals surface area contributed by atoms with E-state index in [0.717, 1.165) is 36.0 Å². The summed E-state index contributed by atoms with van der Waals surface area (Å²) >= 11 is 0. The zero-order valence-corrected chi connectivity index (χ0v) is 16.0. The van der Waals surface area contributed by atoms with Crippen LogP contribution in [0.3, 0.4) is 0 Å². The van der Waals surface area contributed by atoms with E-state index in [1.807, 2.05) is 62.4 Å². The van der Waals surface area contributed by atoms with Gasteiger partial charge in [0.1, 0.15) is 5.75 Å². The molecule has 1 aliphatic rings. The molecule has 0 spiro atoms. The van der Waals surface area contributed by atoms with Crippen molar-refractivity contribution in [2.75, 3.05) is 0 Å². The second-order valence-electron chi connectivity index (χ2n) is 7.20. The fourth-order valence-electron chi connectivity index (χ4n) is 3.37. The Morgan fingerprint density at radius 3 is 2.33 bits per heavy atom. The van der Waals surface area contributed by atoms with Crippen molar-refractivity contribution in [2.45, 2.75) is 51.6 Å². The van der Waals surface area contributed by atoms with Gasteiger partial charge in [0.05, 0.1) is 5.41 Å². The van der Waals surface area contributed by atoms with Gasteiger partial charge in [0.15, 0.2) is 6.10 Å². The molecule has 0 heterocycles. The summed E-state index contributed by atoms with van der Waals surface area (Å²) in [5.74, 6) is 0.114. The number of benzene rings is 2. The number of rotatable bonds is 5. The van der Waals surface area contributed by atoms with Gasteiger partial charge in [-0.05, 0) is 56.4 Å². The van der Waals surface area contributed by atoms with Crippen LogP contribution in [0.5, 0.6) is 5.75 Å². The minimum atomic E-state index is -0.722. The third-order valence-electron chi connectivity index (χ3n) is 5.50. The summed E-state index contributed by atoms with van der Waals surface area (Å²) in [5, 5.41) is 0. The van der Waals surface area contributed by atoms with Crippen LogP contribution in [0.2, 0.25) is 0 Å². The van der Waals surface area contributed by atoms with Crippen molar-refractivity contribution in [1.29, 1.82) is 0 Å². The second kappa shape index (κ2) is 7.82. The van der Waals surface area contributed by atoms with Gasteiger partial charge in [0.2, 0.25) is 5.91 Å². The summed E-state index contributed by atoms with van der Waals surface area (Å²) < 4.78 is 5.77. The van der Waals surface area contributed by atoms with Crippen molar-refractivity contribution >= 4 is 11.8 Å². The summed E-state index contributed by atoms with van der Waals surface area (Å²) in [6.45, 7) is 5.62. The number of hydrogen-bond donors (Lipinski definition) is 2. The highest BCUT2D eigenvalue weighted by atomic mass is 16.5. The number of amides is 2. The van der Waals surface area contributed by atoms with Crippen LogP contribution in [0.25, 0.3) is 0 Å². The largest absolute Gasteiger partial charge is 0.481 e. The van der Waals surface area contributed by atoms with Crippen LogP contribution < -0.4 is 15.6 Å². The van der Waals surface area contributed by atoms with E-state index in [1.54, 1.807) is 6.92 Å². The topological polar surface area (TPSA) is 67.4 Å². The van der Waals surface area contributed by atoms with Gasteiger partial charge < -0.3 is 4.74 Å². The molecule has 0 bridgehead atoms. The van der Waals surface area contributed by atoms with E-state index >= 15 is 0 Å². The maximum atomic E-state index is 12.8. The van der Waals surface area contributed by atoms with Gasteiger partial charge in [0.25, 0.3) is 5.91 Å². The first-order chi connectivity index (χ1) is 12.9. The maximum absolute atomic E-state index is 12.8. The Labute approximate surface area is 160 Å². The number of hydrogen-bond acceptors (Lipinski definition) is 3. The van der Waals surface area contributed by atoms with E-state index in [0.29, 0.717) is 5.75 Å². The predicted octanol–water partition coefficient (Wildman–Crippen LogP) is 3.34. The first kappa shape index (κ1) is 19.0. The Bertz CT molecular complexity index is 829. The van der Waals surface area contributed by atoms with Crippen LogP contribution in [0, 0.1) is 13.8 Å². The van der Waals surface area contributed by atoms with Gasteiger partial charge in [-0.15, -0.1) is 0 Å². The van der Waals surface area contributed by atoms with Crippen LogP contribution in [0.15, 0.2) is 48.5 Å². The summed E-state index contributed by atoms with van der Waals surface area (Å²) in [6, 6.07) is 15.5. The molecule has 2 N–H and O–H groups in total. The van der Waals surface area contributed by atoms with Crippen molar-refractivity contribution in [2.24, 2.45) is 0 Å². The molecule has 1 saturated carbocycles. The van der Waals surface area contributed by atoms with E-state index in [4.69, 9.17) is 4.74 Å². The number of carbonyl (C=O) groups excluding carboxylic acids is 2. The van der Waals surface area contributed by atoms with Gasteiger partial charge in [0, 0.05) is 0 Å². The van der Waals surface area contributed by atoms with Crippen LogP contribution in [0.1, 0.15) is 42.9 Å². The molecule has 1 aliphatic carbocycles. The van der Waals surface area contributed by atoms with Gasteiger partial charge in [-0.25, -0.2) is 0 Å². The van der Waals surface area contributed by atoms with E-state index in [2.05, 4.69) is 10.9 Å². The molecule has 0 aliphatic heterocycles. The highest BCUT2D eigenvalue weighted by Crippen LogP contribution is 2.43. The minimum absolute atomic E-state index is 0.174. The van der Waals surface area contributed by atoms with Gasteiger partial charge in [-0.1, -0.05) is 48.9 Å². The van der Waals surface area contributed by atoms with Crippen LogP contribution >= 0.6 is 0 Å². The highest BCUT2D eigenvalue weighted by molar-refractivity contribution is 5.91. The second-order valence-corrected chi connectivity index (χ2v) is 7.20. The van der Waals surface area contributed by atoms with E-state index in [9.17, 15) is 9.59 Å². The standard InChI is InChI=1S/C22H26N2O3/c1-15-9-7-12-19(16(15)2)27-17(3)20(25)23-24-21(26)22(13-8-14-22)18-10-5-4-6-11-18/h4-7,9-12,17H,8,13-14H2,1-3H3,(H,23,25)(H,24,26)/t17-/m0/s1. The lowest BCUT2D eigenvalue weighted by Gasteiger charge is -2.40. The van der Waals surface area contributed by atoms with Crippen molar-refractivity contribution in [1.82, 2.24) is 10.9 Å². The highest BCUT2D eigenvalue weighted by Gasteiger charge is 2.45. The molecular weight excluding hydrogens is 340 g/mol. The molecule has 0 aromatic heterocycles. The lowest BCUT2D eigenvalue weighted by Crippen LogP contribution is -2.56.